The molecule has 0 bridgehead atoms. The van der Waals surface area contributed by atoms with Crippen molar-refractivity contribution >= 4 is 135 Å². The minimum Gasteiger partial charge on any atom is -0.332 e. The Morgan fingerprint density at radius 1 is 0.569 bits per heavy atom. The first-order chi connectivity index (χ1) is 35.0. The van der Waals surface area contributed by atoms with E-state index in [2.05, 4.69) is 41.9 Å². The molecule has 8 amide bonds. The van der Waals surface area contributed by atoms with E-state index in [1.807, 2.05) is 84.2 Å². The molecule has 10 rings (SSSR count). The topological polar surface area (TPSA) is 225 Å². The summed E-state index contributed by atoms with van der Waals surface area (Å²) in [6.07, 6.45) is 6.66. The molecule has 0 radical (unpaired) electrons. The summed E-state index contributed by atoms with van der Waals surface area (Å²) in [7, 11) is 3.05. The fourth-order valence-electron chi connectivity index (χ4n) is 9.29. The smallest absolute Gasteiger partial charge is 0.315 e. The first kappa shape index (κ1) is 50.3. The highest BCUT2D eigenvalue weighted by Gasteiger charge is 2.43. The van der Waals surface area contributed by atoms with Gasteiger partial charge < -0.3 is 31.9 Å². The molecule has 2 aliphatic carbocycles. The van der Waals surface area contributed by atoms with Crippen LogP contribution < -0.4 is 42.6 Å². The van der Waals surface area contributed by atoms with Gasteiger partial charge in [0.2, 0.25) is 23.6 Å². The third-order valence-corrected chi connectivity index (χ3v) is 20.5. The monoisotopic (exact) mass is 1080 g/mol. The van der Waals surface area contributed by atoms with Gasteiger partial charge in [0, 0.05) is 70.6 Å². The van der Waals surface area contributed by atoms with Crippen LogP contribution in [0, 0.1) is 0 Å². The van der Waals surface area contributed by atoms with Crippen LogP contribution in [0.4, 0.5) is 21.0 Å². The second kappa shape index (κ2) is 23.3. The number of nitrogens with zero attached hydrogens (tertiary/aromatic N) is 4. The summed E-state index contributed by atoms with van der Waals surface area (Å²) in [5, 5.41) is 19.9. The summed E-state index contributed by atoms with van der Waals surface area (Å²) >= 11 is 6.83. The molecule has 0 saturated carbocycles. The summed E-state index contributed by atoms with van der Waals surface area (Å²) in [5.41, 5.74) is 4.63. The lowest BCUT2D eigenvalue weighted by Crippen LogP contribution is -2.36. The number of nitrogens with one attached hydrogen (secondary N) is 6. The number of amides is 8. The SMILES string of the molecule is O=C(CCSSCCC(=O)N=c1ccc2nc3ccc(NC(=O)CCCC[C@@H]4SC[C@@H]5NC(=O)N[C@@H]54)cc3sc-2c1)N=c1ccc2nc3ccc(NC(=O)CCCC[C@@H]4SC[C@@H]5NC(=O)N[C@@H]54)cc3sc-2c1. The Kier molecular flexibility index (Phi) is 16.3. The quantitative estimate of drug-likeness (QED) is 0.0196. The molecule has 2 aromatic rings. The molecule has 6 heterocycles. The van der Waals surface area contributed by atoms with Gasteiger partial charge in [0.05, 0.1) is 76.5 Å². The van der Waals surface area contributed by atoms with E-state index in [4.69, 9.17) is 9.97 Å². The molecule has 16 nitrogen and oxygen atoms in total. The highest BCUT2D eigenvalue weighted by Crippen LogP contribution is 2.36. The van der Waals surface area contributed by atoms with Gasteiger partial charge in [-0.1, -0.05) is 34.4 Å². The maximum Gasteiger partial charge on any atom is 0.315 e. The van der Waals surface area contributed by atoms with Crippen molar-refractivity contribution < 1.29 is 28.8 Å². The number of urea groups is 2. The number of fused-ring (bicyclic) bond motifs is 6. The van der Waals surface area contributed by atoms with Gasteiger partial charge in [-0.2, -0.15) is 23.5 Å². The first-order valence-corrected chi connectivity index (χ1v) is 30.3. The van der Waals surface area contributed by atoms with E-state index >= 15 is 0 Å². The van der Waals surface area contributed by atoms with Crippen molar-refractivity contribution in [3.05, 3.63) is 83.5 Å². The van der Waals surface area contributed by atoms with Crippen LogP contribution in [0.25, 0.3) is 41.6 Å². The average Bonchev–Trinajstić information content (AvgIpc) is 4.13. The Labute approximate surface area is 439 Å². The van der Waals surface area contributed by atoms with Gasteiger partial charge in [0.25, 0.3) is 0 Å². The number of carbonyl (C=O) groups excluding carboxylic acids is 6. The van der Waals surface area contributed by atoms with Crippen LogP contribution in [0.15, 0.2) is 82.8 Å². The molecule has 6 aliphatic heterocycles. The van der Waals surface area contributed by atoms with Crippen LogP contribution >= 0.6 is 67.8 Å². The molecule has 0 spiro atoms. The van der Waals surface area contributed by atoms with Gasteiger partial charge in [-0.05, 0) is 98.5 Å². The number of benzene rings is 4. The number of rotatable bonds is 19. The fourth-order valence-corrected chi connectivity index (χ4v) is 16.4. The van der Waals surface area contributed by atoms with E-state index in [0.717, 1.165) is 91.6 Å². The predicted molar refractivity (Wildman–Crippen MR) is 293 cm³/mol. The number of hydrogen-bond acceptors (Lipinski definition) is 14. The second-order valence-corrected chi connectivity index (χ2v) is 25.5. The third kappa shape index (κ3) is 12.7. The lowest BCUT2D eigenvalue weighted by atomic mass is 10.0. The molecule has 374 valence electrons. The number of hydrogen-bond donors (Lipinski definition) is 6. The van der Waals surface area contributed by atoms with Crippen LogP contribution in [0.5, 0.6) is 0 Å². The lowest BCUT2D eigenvalue weighted by molar-refractivity contribution is -0.118. The van der Waals surface area contributed by atoms with Crippen molar-refractivity contribution in [2.24, 2.45) is 9.98 Å². The van der Waals surface area contributed by atoms with Gasteiger partial charge in [0.15, 0.2) is 0 Å². The summed E-state index contributed by atoms with van der Waals surface area (Å²) in [6, 6.07) is 23.0. The Hall–Kier alpha value is -5.26. The van der Waals surface area contributed by atoms with Crippen molar-refractivity contribution in [3.63, 3.8) is 0 Å². The number of anilines is 2. The van der Waals surface area contributed by atoms with E-state index in [1.165, 1.54) is 44.3 Å². The lowest BCUT2D eigenvalue weighted by Gasteiger charge is -2.16. The molecule has 8 aliphatic rings. The Bertz CT molecular complexity index is 2930. The molecule has 6 N–H and O–H groups in total. The molecule has 2 aromatic carbocycles. The molecule has 0 unspecified atom stereocenters. The molecular formula is C50H52N10O6S6. The van der Waals surface area contributed by atoms with Crippen molar-refractivity contribution in [2.45, 2.75) is 98.9 Å². The van der Waals surface area contributed by atoms with E-state index in [0.29, 0.717) is 56.9 Å². The Morgan fingerprint density at radius 3 is 1.49 bits per heavy atom. The van der Waals surface area contributed by atoms with Gasteiger partial charge in [-0.15, -0.1) is 22.7 Å². The first-order valence-electron chi connectivity index (χ1n) is 24.1. The maximum atomic E-state index is 12.8. The van der Waals surface area contributed by atoms with Crippen LogP contribution in [0.2, 0.25) is 0 Å². The number of carbonyl (C=O) groups is 6. The molecule has 4 fully saturated rings. The van der Waals surface area contributed by atoms with Gasteiger partial charge in [-0.3, -0.25) is 19.2 Å². The second-order valence-electron chi connectivity index (χ2n) is 18.1. The molecule has 0 aromatic heterocycles. The van der Waals surface area contributed by atoms with E-state index in [1.54, 1.807) is 12.1 Å². The van der Waals surface area contributed by atoms with Crippen molar-refractivity contribution in [3.8, 4) is 21.1 Å². The van der Waals surface area contributed by atoms with Crippen molar-refractivity contribution in [2.75, 3.05) is 33.6 Å². The zero-order valence-corrected chi connectivity index (χ0v) is 43.9. The summed E-state index contributed by atoms with van der Waals surface area (Å²) < 4.78 is 1.81. The standard InChI is InChI=1S/C50H52N10O6S6/c61-43(7-3-1-5-37-47-35(25-67-37)57-49(65)59-47)51-27-9-13-31-39(21-27)71-41-23-29(11-15-33(41)55-31)53-45(63)17-19-69-70-20-18-46(64)54-30-12-16-34-42(24-30)72-40-22-28(10-14-32(40)56-34)52-44(62)8-4-2-6-38-48-36(26-68-38)58-50(66)60-48/h9-16,21-24,35-38,47-48H,1-8,17-20,25-26H2,(H,51,61)(H,52,62)(H2,57,59,65)(H2,58,60,66)/t35-,36-,37-,38-,47-,48-/m0/s1. The summed E-state index contributed by atoms with van der Waals surface area (Å²) in [5.74, 6) is 2.41. The zero-order valence-electron chi connectivity index (χ0n) is 39.0. The van der Waals surface area contributed by atoms with Gasteiger partial charge >= 0.3 is 12.1 Å². The van der Waals surface area contributed by atoms with E-state index < -0.39 is 0 Å². The largest absolute Gasteiger partial charge is 0.332 e. The minimum atomic E-state index is -0.231. The molecule has 22 heteroatoms. The third-order valence-electron chi connectivity index (χ3n) is 12.8. The normalized spacial score (nSPS) is 21.7. The Balaban J connectivity index is 0.643. The summed E-state index contributed by atoms with van der Waals surface area (Å²) in [4.78, 5) is 94.7. The maximum absolute atomic E-state index is 12.8. The van der Waals surface area contributed by atoms with Crippen LogP contribution in [-0.2, 0) is 19.2 Å². The van der Waals surface area contributed by atoms with Crippen LogP contribution in [0.3, 0.4) is 0 Å². The molecular weight excluding hydrogens is 1030 g/mol. The van der Waals surface area contributed by atoms with E-state index in [-0.39, 0.29) is 72.7 Å². The van der Waals surface area contributed by atoms with Crippen molar-refractivity contribution in [1.82, 2.24) is 31.2 Å². The molecule has 6 atom stereocenters. The fraction of sp³-hybridized carbons (Fsp3) is 0.400. The molecule has 72 heavy (non-hydrogen) atoms. The van der Waals surface area contributed by atoms with E-state index in [9.17, 15) is 28.8 Å². The zero-order chi connectivity index (χ0) is 49.6. The number of aromatic nitrogens is 2. The minimum absolute atomic E-state index is 0.0379. The Morgan fingerprint density at radius 2 is 1.03 bits per heavy atom. The number of unbranched alkanes of at least 4 members (excludes halogenated alkanes) is 2. The number of thioether (sulfide) groups is 2. The van der Waals surface area contributed by atoms with Crippen molar-refractivity contribution in [1.29, 1.82) is 0 Å². The molecule has 4 saturated heterocycles. The highest BCUT2D eigenvalue weighted by atomic mass is 33.1. The van der Waals surface area contributed by atoms with Crippen LogP contribution in [0.1, 0.15) is 64.2 Å². The van der Waals surface area contributed by atoms with Gasteiger partial charge in [-0.25, -0.2) is 29.5 Å². The average molecular weight is 1080 g/mol. The predicted octanol–water partition coefficient (Wildman–Crippen LogP) is 8.16. The summed E-state index contributed by atoms with van der Waals surface area (Å²) in [6.45, 7) is 0. The van der Waals surface area contributed by atoms with Crippen LogP contribution in [-0.4, -0.2) is 103 Å². The highest BCUT2D eigenvalue weighted by molar-refractivity contribution is 8.76. The van der Waals surface area contributed by atoms with Gasteiger partial charge in [0.1, 0.15) is 0 Å².